The van der Waals surface area contributed by atoms with Crippen LogP contribution in [0, 0.1) is 0 Å². The van der Waals surface area contributed by atoms with E-state index in [1.54, 1.807) is 28.4 Å². The Balaban J connectivity index is 2.19. The van der Waals surface area contributed by atoms with Crippen molar-refractivity contribution in [2.45, 2.75) is 0 Å². The van der Waals surface area contributed by atoms with Gasteiger partial charge in [0.1, 0.15) is 0 Å². The minimum Gasteiger partial charge on any atom is -0.492 e. The van der Waals surface area contributed by atoms with Crippen LogP contribution in [0.1, 0.15) is 22.3 Å². The molecule has 0 aliphatic rings. The van der Waals surface area contributed by atoms with Gasteiger partial charge < -0.3 is 18.9 Å². The van der Waals surface area contributed by atoms with E-state index >= 15 is 0 Å². The third kappa shape index (κ3) is 4.49. The summed E-state index contributed by atoms with van der Waals surface area (Å²) in [6.07, 6.45) is 7.89. The van der Waals surface area contributed by atoms with Gasteiger partial charge in [-0.25, -0.2) is 0 Å². The number of benzene rings is 3. The fraction of sp³-hybridized carbons (Fsp3) is 0.154. The minimum atomic E-state index is 0.579. The van der Waals surface area contributed by atoms with Crippen LogP contribution in [0.2, 0.25) is 0 Å². The van der Waals surface area contributed by atoms with Gasteiger partial charge in [0.05, 0.1) is 39.6 Å². The standard InChI is InChI=1S/C26H26O4/c1-27-23-21(17-15-19-11-7-5-8-12-19)25(29-3)26(30-4)22(24(23)28-2)18-16-20-13-9-6-10-14-20/h5-18H,1-4H3. The SMILES string of the molecule is COc1c(C=Cc2ccccc2)c(OC)c(OC)c(C=Cc2ccccc2)c1OC. The van der Waals surface area contributed by atoms with Crippen molar-refractivity contribution in [1.29, 1.82) is 0 Å². The molecule has 0 aliphatic heterocycles. The maximum absolute atomic E-state index is 5.74. The Morgan fingerprint density at radius 1 is 0.433 bits per heavy atom. The van der Waals surface area contributed by atoms with Gasteiger partial charge in [0, 0.05) is 0 Å². The second kappa shape index (κ2) is 10.2. The molecule has 3 rings (SSSR count). The predicted molar refractivity (Wildman–Crippen MR) is 123 cm³/mol. The molecule has 0 bridgehead atoms. The molecule has 0 spiro atoms. The number of hydrogen-bond acceptors (Lipinski definition) is 4. The van der Waals surface area contributed by atoms with Crippen molar-refractivity contribution in [3.63, 3.8) is 0 Å². The van der Waals surface area contributed by atoms with Crippen LogP contribution in [0.3, 0.4) is 0 Å². The molecular formula is C26H26O4. The quantitative estimate of drug-likeness (QED) is 0.429. The fourth-order valence-electron chi connectivity index (χ4n) is 3.30. The largest absolute Gasteiger partial charge is 0.492 e. The molecule has 0 unspecified atom stereocenters. The molecule has 4 nitrogen and oxygen atoms in total. The summed E-state index contributed by atoms with van der Waals surface area (Å²) < 4.78 is 23.0. The number of methoxy groups -OCH3 is 4. The molecule has 0 amide bonds. The summed E-state index contributed by atoms with van der Waals surface area (Å²) in [5.74, 6) is 2.31. The van der Waals surface area contributed by atoms with E-state index in [0.29, 0.717) is 23.0 Å². The zero-order valence-corrected chi connectivity index (χ0v) is 17.7. The minimum absolute atomic E-state index is 0.579. The molecular weight excluding hydrogens is 376 g/mol. The molecule has 3 aromatic rings. The van der Waals surface area contributed by atoms with Crippen molar-refractivity contribution >= 4 is 24.3 Å². The first-order valence-corrected chi connectivity index (χ1v) is 9.59. The highest BCUT2D eigenvalue weighted by atomic mass is 16.5. The Hall–Kier alpha value is -3.66. The molecule has 0 radical (unpaired) electrons. The average molecular weight is 402 g/mol. The van der Waals surface area contributed by atoms with Crippen LogP contribution in [-0.4, -0.2) is 28.4 Å². The molecule has 0 aromatic heterocycles. The van der Waals surface area contributed by atoms with E-state index in [1.165, 1.54) is 0 Å². The van der Waals surface area contributed by atoms with Crippen molar-refractivity contribution in [3.05, 3.63) is 82.9 Å². The van der Waals surface area contributed by atoms with Crippen molar-refractivity contribution < 1.29 is 18.9 Å². The molecule has 0 aliphatic carbocycles. The van der Waals surface area contributed by atoms with Gasteiger partial charge in [-0.3, -0.25) is 0 Å². The van der Waals surface area contributed by atoms with E-state index in [2.05, 4.69) is 0 Å². The normalized spacial score (nSPS) is 11.1. The lowest BCUT2D eigenvalue weighted by Gasteiger charge is -2.20. The van der Waals surface area contributed by atoms with Gasteiger partial charge in [-0.1, -0.05) is 72.8 Å². The zero-order chi connectivity index (χ0) is 21.3. The van der Waals surface area contributed by atoms with Crippen LogP contribution < -0.4 is 18.9 Å². The molecule has 0 saturated carbocycles. The number of hydrogen-bond donors (Lipinski definition) is 0. The predicted octanol–water partition coefficient (Wildman–Crippen LogP) is 6.06. The van der Waals surface area contributed by atoms with Crippen LogP contribution in [0.25, 0.3) is 24.3 Å². The Morgan fingerprint density at radius 2 is 0.733 bits per heavy atom. The van der Waals surface area contributed by atoms with Gasteiger partial charge >= 0.3 is 0 Å². The van der Waals surface area contributed by atoms with Crippen molar-refractivity contribution in [2.75, 3.05) is 28.4 Å². The smallest absolute Gasteiger partial charge is 0.172 e. The number of rotatable bonds is 8. The highest BCUT2D eigenvalue weighted by molar-refractivity contribution is 5.87. The molecule has 0 saturated heterocycles. The van der Waals surface area contributed by atoms with E-state index in [1.807, 2.05) is 85.0 Å². The third-order valence-corrected chi connectivity index (χ3v) is 4.69. The van der Waals surface area contributed by atoms with Crippen LogP contribution >= 0.6 is 0 Å². The highest BCUT2D eigenvalue weighted by Gasteiger charge is 2.25. The summed E-state index contributed by atoms with van der Waals surface area (Å²) in [6.45, 7) is 0. The third-order valence-electron chi connectivity index (χ3n) is 4.69. The Labute approximate surface area is 178 Å². The van der Waals surface area contributed by atoms with E-state index in [-0.39, 0.29) is 0 Å². The molecule has 30 heavy (non-hydrogen) atoms. The topological polar surface area (TPSA) is 36.9 Å². The molecule has 4 heteroatoms. The average Bonchev–Trinajstić information content (AvgIpc) is 2.81. The molecule has 0 fully saturated rings. The van der Waals surface area contributed by atoms with Gasteiger partial charge in [-0.15, -0.1) is 0 Å². The van der Waals surface area contributed by atoms with Crippen LogP contribution in [-0.2, 0) is 0 Å². The van der Waals surface area contributed by atoms with Crippen LogP contribution in [0.4, 0.5) is 0 Å². The van der Waals surface area contributed by atoms with Crippen molar-refractivity contribution in [3.8, 4) is 23.0 Å². The summed E-state index contributed by atoms with van der Waals surface area (Å²) in [5, 5.41) is 0. The molecule has 0 atom stereocenters. The van der Waals surface area contributed by atoms with Gasteiger partial charge in [0.15, 0.2) is 23.0 Å². The number of ether oxygens (including phenoxy) is 4. The van der Waals surface area contributed by atoms with Crippen molar-refractivity contribution in [2.24, 2.45) is 0 Å². The Morgan fingerprint density at radius 3 is 1.00 bits per heavy atom. The monoisotopic (exact) mass is 402 g/mol. The highest BCUT2D eigenvalue weighted by Crippen LogP contribution is 2.50. The first kappa shape index (κ1) is 21.1. The lowest BCUT2D eigenvalue weighted by atomic mass is 10.0. The maximum atomic E-state index is 5.74. The first-order chi connectivity index (χ1) is 14.7. The Bertz CT molecular complexity index is 904. The van der Waals surface area contributed by atoms with Crippen LogP contribution in [0.5, 0.6) is 23.0 Å². The van der Waals surface area contributed by atoms with E-state index < -0.39 is 0 Å². The first-order valence-electron chi connectivity index (χ1n) is 9.59. The molecule has 3 aromatic carbocycles. The zero-order valence-electron chi connectivity index (χ0n) is 17.7. The second-order valence-electron chi connectivity index (χ2n) is 6.45. The summed E-state index contributed by atoms with van der Waals surface area (Å²) in [6, 6.07) is 20.1. The molecule has 0 heterocycles. The van der Waals surface area contributed by atoms with E-state index in [9.17, 15) is 0 Å². The summed E-state index contributed by atoms with van der Waals surface area (Å²) >= 11 is 0. The van der Waals surface area contributed by atoms with Gasteiger partial charge in [-0.05, 0) is 23.3 Å². The molecule has 154 valence electrons. The van der Waals surface area contributed by atoms with Gasteiger partial charge in [0.2, 0.25) is 0 Å². The maximum Gasteiger partial charge on any atom is 0.172 e. The van der Waals surface area contributed by atoms with Gasteiger partial charge in [0.25, 0.3) is 0 Å². The van der Waals surface area contributed by atoms with Crippen LogP contribution in [0.15, 0.2) is 60.7 Å². The Kier molecular flexibility index (Phi) is 7.17. The lowest BCUT2D eigenvalue weighted by molar-refractivity contribution is 0.327. The van der Waals surface area contributed by atoms with E-state index in [4.69, 9.17) is 18.9 Å². The van der Waals surface area contributed by atoms with Crippen molar-refractivity contribution in [1.82, 2.24) is 0 Å². The summed E-state index contributed by atoms with van der Waals surface area (Å²) in [7, 11) is 6.48. The second-order valence-corrected chi connectivity index (χ2v) is 6.45. The van der Waals surface area contributed by atoms with Gasteiger partial charge in [-0.2, -0.15) is 0 Å². The molecule has 0 N–H and O–H groups in total. The fourth-order valence-corrected chi connectivity index (χ4v) is 3.30. The summed E-state index contributed by atoms with van der Waals surface area (Å²) in [4.78, 5) is 0. The summed E-state index contributed by atoms with van der Waals surface area (Å²) in [5.41, 5.74) is 3.61. The van der Waals surface area contributed by atoms with E-state index in [0.717, 1.165) is 22.3 Å². The lowest BCUT2D eigenvalue weighted by Crippen LogP contribution is -2.02.